The molecule has 0 aliphatic carbocycles. The molecule has 0 saturated carbocycles. The molecular formula is C21H26FN3O. The van der Waals surface area contributed by atoms with Gasteiger partial charge in [0.2, 0.25) is 5.91 Å². The number of nitrogens with one attached hydrogen (secondary N) is 1. The van der Waals surface area contributed by atoms with Gasteiger partial charge in [0.25, 0.3) is 0 Å². The Morgan fingerprint density at radius 3 is 2.31 bits per heavy atom. The number of carbonyl (C=O) groups is 1. The summed E-state index contributed by atoms with van der Waals surface area (Å²) < 4.78 is 12.9. The summed E-state index contributed by atoms with van der Waals surface area (Å²) in [7, 11) is 0. The fourth-order valence-corrected chi connectivity index (χ4v) is 3.19. The van der Waals surface area contributed by atoms with Gasteiger partial charge in [-0.25, -0.2) is 4.39 Å². The van der Waals surface area contributed by atoms with Gasteiger partial charge in [0.15, 0.2) is 0 Å². The number of nitrogens with zero attached hydrogens (tertiary/aromatic N) is 2. The fourth-order valence-electron chi connectivity index (χ4n) is 3.19. The van der Waals surface area contributed by atoms with Crippen LogP contribution in [0.4, 0.5) is 4.39 Å². The van der Waals surface area contributed by atoms with Gasteiger partial charge in [-0.3, -0.25) is 9.69 Å². The lowest BCUT2D eigenvalue weighted by Crippen LogP contribution is -2.50. The Balaban J connectivity index is 1.32. The molecule has 26 heavy (non-hydrogen) atoms. The predicted molar refractivity (Wildman–Crippen MR) is 101 cm³/mol. The van der Waals surface area contributed by atoms with Gasteiger partial charge < -0.3 is 10.2 Å². The zero-order chi connectivity index (χ0) is 18.2. The molecule has 1 heterocycles. The van der Waals surface area contributed by atoms with Crippen LogP contribution in [-0.2, 0) is 17.8 Å². The second-order valence-electron chi connectivity index (χ2n) is 6.70. The van der Waals surface area contributed by atoms with Crippen molar-refractivity contribution in [2.75, 3.05) is 39.3 Å². The van der Waals surface area contributed by atoms with Crippen LogP contribution in [0.25, 0.3) is 0 Å². The number of rotatable bonds is 7. The Kier molecular flexibility index (Phi) is 6.75. The minimum absolute atomic E-state index is 0.156. The molecule has 0 bridgehead atoms. The number of carbonyl (C=O) groups excluding carboxylic acids is 1. The van der Waals surface area contributed by atoms with Crippen LogP contribution in [0.1, 0.15) is 11.1 Å². The van der Waals surface area contributed by atoms with E-state index in [1.54, 1.807) is 12.1 Å². The summed E-state index contributed by atoms with van der Waals surface area (Å²) in [5, 5.41) is 3.20. The minimum atomic E-state index is -0.219. The summed E-state index contributed by atoms with van der Waals surface area (Å²) in [6, 6.07) is 16.9. The van der Waals surface area contributed by atoms with Crippen molar-refractivity contribution in [1.29, 1.82) is 0 Å². The quantitative estimate of drug-likeness (QED) is 0.774. The lowest BCUT2D eigenvalue weighted by atomic mass is 10.1. The van der Waals surface area contributed by atoms with E-state index in [-0.39, 0.29) is 11.7 Å². The summed E-state index contributed by atoms with van der Waals surface area (Å²) in [4.78, 5) is 16.6. The standard InChI is InChI=1S/C21H26FN3O/c22-20-8-6-18(7-9-20)10-11-23-16-21(26)25-14-12-24(13-15-25)17-19-4-2-1-3-5-19/h1-9,23H,10-17H2. The maximum atomic E-state index is 12.9. The highest BCUT2D eigenvalue weighted by atomic mass is 19.1. The molecular weight excluding hydrogens is 329 g/mol. The molecule has 0 aromatic heterocycles. The van der Waals surface area contributed by atoms with Crippen LogP contribution in [0.15, 0.2) is 54.6 Å². The minimum Gasteiger partial charge on any atom is -0.339 e. The van der Waals surface area contributed by atoms with Crippen molar-refractivity contribution < 1.29 is 9.18 Å². The third-order valence-electron chi connectivity index (χ3n) is 4.75. The fraction of sp³-hybridized carbons (Fsp3) is 0.381. The van der Waals surface area contributed by atoms with Crippen LogP contribution < -0.4 is 5.32 Å². The van der Waals surface area contributed by atoms with Crippen molar-refractivity contribution in [2.45, 2.75) is 13.0 Å². The van der Waals surface area contributed by atoms with Gasteiger partial charge in [-0.05, 0) is 36.2 Å². The predicted octanol–water partition coefficient (Wildman–Crippen LogP) is 2.30. The molecule has 1 aliphatic heterocycles. The zero-order valence-electron chi connectivity index (χ0n) is 15.0. The lowest BCUT2D eigenvalue weighted by Gasteiger charge is -2.34. The first-order valence-electron chi connectivity index (χ1n) is 9.20. The van der Waals surface area contributed by atoms with E-state index in [2.05, 4.69) is 34.5 Å². The summed E-state index contributed by atoms with van der Waals surface area (Å²) in [6.07, 6.45) is 0.790. The smallest absolute Gasteiger partial charge is 0.236 e. The highest BCUT2D eigenvalue weighted by Gasteiger charge is 2.20. The Labute approximate surface area is 154 Å². The van der Waals surface area contributed by atoms with Crippen LogP contribution in [0, 0.1) is 5.82 Å². The highest BCUT2D eigenvalue weighted by molar-refractivity contribution is 5.78. The van der Waals surface area contributed by atoms with E-state index in [0.29, 0.717) is 13.1 Å². The van der Waals surface area contributed by atoms with E-state index in [4.69, 9.17) is 0 Å². The molecule has 1 amide bonds. The summed E-state index contributed by atoms with van der Waals surface area (Å²) in [5.74, 6) is -0.0632. The molecule has 4 nitrogen and oxygen atoms in total. The summed E-state index contributed by atoms with van der Waals surface area (Å²) in [6.45, 7) is 5.41. The Morgan fingerprint density at radius 1 is 0.923 bits per heavy atom. The molecule has 1 saturated heterocycles. The largest absolute Gasteiger partial charge is 0.339 e. The maximum Gasteiger partial charge on any atom is 0.236 e. The molecule has 3 rings (SSSR count). The molecule has 0 atom stereocenters. The molecule has 1 fully saturated rings. The number of hydrogen-bond acceptors (Lipinski definition) is 3. The number of halogens is 1. The van der Waals surface area contributed by atoms with Gasteiger partial charge in [0.1, 0.15) is 5.82 Å². The van der Waals surface area contributed by atoms with E-state index >= 15 is 0 Å². The van der Waals surface area contributed by atoms with Crippen molar-refractivity contribution in [1.82, 2.24) is 15.1 Å². The van der Waals surface area contributed by atoms with Crippen molar-refractivity contribution >= 4 is 5.91 Å². The van der Waals surface area contributed by atoms with Crippen LogP contribution in [0.2, 0.25) is 0 Å². The first-order chi connectivity index (χ1) is 12.7. The van der Waals surface area contributed by atoms with Crippen molar-refractivity contribution in [3.8, 4) is 0 Å². The Hall–Kier alpha value is -2.24. The van der Waals surface area contributed by atoms with Gasteiger partial charge in [0, 0.05) is 32.7 Å². The monoisotopic (exact) mass is 355 g/mol. The lowest BCUT2D eigenvalue weighted by molar-refractivity contribution is -0.132. The van der Waals surface area contributed by atoms with Gasteiger partial charge in [-0.15, -0.1) is 0 Å². The molecule has 138 valence electrons. The zero-order valence-corrected chi connectivity index (χ0v) is 15.0. The number of amides is 1. The van der Waals surface area contributed by atoms with E-state index in [9.17, 15) is 9.18 Å². The normalized spacial score (nSPS) is 15.2. The average molecular weight is 355 g/mol. The van der Waals surface area contributed by atoms with E-state index < -0.39 is 0 Å². The topological polar surface area (TPSA) is 35.6 Å². The van der Waals surface area contributed by atoms with Crippen LogP contribution >= 0.6 is 0 Å². The van der Waals surface area contributed by atoms with Gasteiger partial charge in [-0.1, -0.05) is 42.5 Å². The van der Waals surface area contributed by atoms with Gasteiger partial charge in [0.05, 0.1) is 6.54 Å². The third kappa shape index (κ3) is 5.64. The van der Waals surface area contributed by atoms with E-state index in [1.807, 2.05) is 11.0 Å². The first-order valence-corrected chi connectivity index (χ1v) is 9.20. The Bertz CT molecular complexity index is 682. The second-order valence-corrected chi connectivity index (χ2v) is 6.70. The Morgan fingerprint density at radius 2 is 1.62 bits per heavy atom. The number of hydrogen-bond donors (Lipinski definition) is 1. The maximum absolute atomic E-state index is 12.9. The molecule has 2 aromatic rings. The van der Waals surface area contributed by atoms with Gasteiger partial charge in [-0.2, -0.15) is 0 Å². The molecule has 0 unspecified atom stereocenters. The number of benzene rings is 2. The summed E-state index contributed by atoms with van der Waals surface area (Å²) >= 11 is 0. The second kappa shape index (κ2) is 9.46. The third-order valence-corrected chi connectivity index (χ3v) is 4.75. The van der Waals surface area contributed by atoms with Gasteiger partial charge >= 0.3 is 0 Å². The molecule has 2 aromatic carbocycles. The van der Waals surface area contributed by atoms with Crippen molar-refractivity contribution in [3.63, 3.8) is 0 Å². The molecule has 1 N–H and O–H groups in total. The summed E-state index contributed by atoms with van der Waals surface area (Å²) in [5.41, 5.74) is 2.38. The highest BCUT2D eigenvalue weighted by Crippen LogP contribution is 2.08. The van der Waals surface area contributed by atoms with Crippen molar-refractivity contribution in [3.05, 3.63) is 71.5 Å². The van der Waals surface area contributed by atoms with Crippen molar-refractivity contribution in [2.24, 2.45) is 0 Å². The molecule has 5 heteroatoms. The van der Waals surface area contributed by atoms with Crippen LogP contribution in [-0.4, -0.2) is 55.0 Å². The molecule has 0 radical (unpaired) electrons. The van der Waals surface area contributed by atoms with Crippen LogP contribution in [0.3, 0.4) is 0 Å². The number of piperazine rings is 1. The van der Waals surface area contributed by atoms with E-state index in [0.717, 1.165) is 44.7 Å². The van der Waals surface area contributed by atoms with Crippen LogP contribution in [0.5, 0.6) is 0 Å². The molecule has 1 aliphatic rings. The molecule has 0 spiro atoms. The first kappa shape index (κ1) is 18.5. The SMILES string of the molecule is O=C(CNCCc1ccc(F)cc1)N1CCN(Cc2ccccc2)CC1. The van der Waals surface area contributed by atoms with E-state index in [1.165, 1.54) is 17.7 Å². The average Bonchev–Trinajstić information content (AvgIpc) is 2.68.